The molecule has 1 aromatic carbocycles. The lowest BCUT2D eigenvalue weighted by Gasteiger charge is -2.38. The van der Waals surface area contributed by atoms with Gasteiger partial charge in [0, 0.05) is 37.8 Å². The zero-order valence-corrected chi connectivity index (χ0v) is 14.2. The summed E-state index contributed by atoms with van der Waals surface area (Å²) in [6, 6.07) is 7.47. The summed E-state index contributed by atoms with van der Waals surface area (Å²) >= 11 is 1.63. The Kier molecular flexibility index (Phi) is 4.02. The number of nitrogens with zero attached hydrogens (tertiary/aromatic N) is 3. The number of carbonyl (C=O) groups is 1. The van der Waals surface area contributed by atoms with Crippen molar-refractivity contribution in [1.29, 1.82) is 0 Å². The van der Waals surface area contributed by atoms with Crippen molar-refractivity contribution < 1.29 is 14.3 Å². The topological polar surface area (TPSA) is 54.9 Å². The average Bonchev–Trinajstić information content (AvgIpc) is 3.15. The quantitative estimate of drug-likeness (QED) is 0.833. The van der Waals surface area contributed by atoms with E-state index >= 15 is 0 Å². The van der Waals surface area contributed by atoms with Crippen LogP contribution in [0.4, 0.5) is 5.13 Å². The standard InChI is InChI=1S/C17H19N3O3S/c1-12-15(23-14-5-3-2-4-13(14)22-12)16(21)19-7-9-20(10-8-19)17-18-6-11-24-17/h2-6,11-12,15H,7-10H2,1H3/t12-,15+/m0/s1. The van der Waals surface area contributed by atoms with Crippen LogP contribution >= 0.6 is 11.3 Å². The van der Waals surface area contributed by atoms with Gasteiger partial charge < -0.3 is 19.3 Å². The zero-order chi connectivity index (χ0) is 16.5. The number of anilines is 1. The predicted molar refractivity (Wildman–Crippen MR) is 91.9 cm³/mol. The number of rotatable bonds is 2. The monoisotopic (exact) mass is 345 g/mol. The number of para-hydroxylation sites is 2. The maximum Gasteiger partial charge on any atom is 0.267 e. The van der Waals surface area contributed by atoms with E-state index in [0.29, 0.717) is 24.6 Å². The van der Waals surface area contributed by atoms with Crippen molar-refractivity contribution in [3.63, 3.8) is 0 Å². The fourth-order valence-corrected chi connectivity index (χ4v) is 3.76. The van der Waals surface area contributed by atoms with Gasteiger partial charge in [0.2, 0.25) is 6.10 Å². The van der Waals surface area contributed by atoms with Crippen molar-refractivity contribution in [2.75, 3.05) is 31.1 Å². The second-order valence-corrected chi connectivity index (χ2v) is 6.81. The van der Waals surface area contributed by atoms with Gasteiger partial charge in [-0.25, -0.2) is 4.98 Å². The van der Waals surface area contributed by atoms with Gasteiger partial charge >= 0.3 is 0 Å². The lowest BCUT2D eigenvalue weighted by molar-refractivity contribution is -0.144. The van der Waals surface area contributed by atoms with Crippen LogP contribution in [0.3, 0.4) is 0 Å². The molecule has 0 spiro atoms. The van der Waals surface area contributed by atoms with Crippen LogP contribution in [0.1, 0.15) is 6.92 Å². The minimum Gasteiger partial charge on any atom is -0.482 e. The van der Waals surface area contributed by atoms with Crippen LogP contribution in [0.5, 0.6) is 11.5 Å². The molecule has 1 fully saturated rings. The number of carbonyl (C=O) groups excluding carboxylic acids is 1. The normalized spacial score (nSPS) is 23.2. The molecule has 2 aliphatic heterocycles. The lowest BCUT2D eigenvalue weighted by Crippen LogP contribution is -2.56. The van der Waals surface area contributed by atoms with Gasteiger partial charge in [-0.05, 0) is 19.1 Å². The van der Waals surface area contributed by atoms with Crippen LogP contribution in [-0.4, -0.2) is 54.2 Å². The molecule has 2 aromatic rings. The number of aromatic nitrogens is 1. The number of hydrogen-bond donors (Lipinski definition) is 0. The van der Waals surface area contributed by atoms with Gasteiger partial charge in [-0.15, -0.1) is 11.3 Å². The van der Waals surface area contributed by atoms with Crippen LogP contribution in [-0.2, 0) is 4.79 Å². The molecule has 0 unspecified atom stereocenters. The Bertz CT molecular complexity index is 714. The average molecular weight is 345 g/mol. The van der Waals surface area contributed by atoms with Gasteiger partial charge in [-0.2, -0.15) is 0 Å². The number of amides is 1. The Morgan fingerprint density at radius 2 is 1.88 bits per heavy atom. The summed E-state index contributed by atoms with van der Waals surface area (Å²) in [4.78, 5) is 21.3. The van der Waals surface area contributed by atoms with E-state index in [1.54, 1.807) is 11.3 Å². The Labute approximate surface area is 144 Å². The molecular formula is C17H19N3O3S. The molecule has 1 saturated heterocycles. The summed E-state index contributed by atoms with van der Waals surface area (Å²) in [6.45, 7) is 4.80. The summed E-state index contributed by atoms with van der Waals surface area (Å²) in [7, 11) is 0. The molecule has 2 atom stereocenters. The molecule has 1 amide bonds. The van der Waals surface area contributed by atoms with Crippen molar-refractivity contribution in [3.05, 3.63) is 35.8 Å². The first-order chi connectivity index (χ1) is 11.7. The molecule has 0 saturated carbocycles. The van der Waals surface area contributed by atoms with E-state index in [9.17, 15) is 4.79 Å². The molecule has 0 bridgehead atoms. The number of hydrogen-bond acceptors (Lipinski definition) is 6. The third-order valence-electron chi connectivity index (χ3n) is 4.37. The second kappa shape index (κ2) is 6.32. The highest BCUT2D eigenvalue weighted by atomic mass is 32.1. The molecule has 126 valence electrons. The van der Waals surface area contributed by atoms with E-state index in [0.717, 1.165) is 18.2 Å². The molecule has 24 heavy (non-hydrogen) atoms. The van der Waals surface area contributed by atoms with Gasteiger partial charge in [0.15, 0.2) is 16.6 Å². The van der Waals surface area contributed by atoms with E-state index < -0.39 is 6.10 Å². The molecule has 1 aromatic heterocycles. The van der Waals surface area contributed by atoms with E-state index in [2.05, 4.69) is 9.88 Å². The van der Waals surface area contributed by atoms with Crippen molar-refractivity contribution >= 4 is 22.4 Å². The van der Waals surface area contributed by atoms with Crippen LogP contribution in [0.2, 0.25) is 0 Å². The highest BCUT2D eigenvalue weighted by molar-refractivity contribution is 7.13. The predicted octanol–water partition coefficient (Wildman–Crippen LogP) is 2.02. The largest absolute Gasteiger partial charge is 0.482 e. The molecule has 3 heterocycles. The van der Waals surface area contributed by atoms with E-state index in [1.165, 1.54) is 0 Å². The summed E-state index contributed by atoms with van der Waals surface area (Å²) in [6.07, 6.45) is 0.917. The highest BCUT2D eigenvalue weighted by Crippen LogP contribution is 2.34. The number of fused-ring (bicyclic) bond motifs is 1. The summed E-state index contributed by atoms with van der Waals surface area (Å²) in [5, 5.41) is 2.99. The minimum atomic E-state index is -0.591. The molecular weight excluding hydrogens is 326 g/mol. The molecule has 2 aliphatic rings. The summed E-state index contributed by atoms with van der Waals surface area (Å²) in [5.74, 6) is 1.33. The van der Waals surface area contributed by atoms with Crippen molar-refractivity contribution in [3.8, 4) is 11.5 Å². The fraction of sp³-hybridized carbons (Fsp3) is 0.412. The van der Waals surface area contributed by atoms with E-state index in [1.807, 2.05) is 47.7 Å². The maximum atomic E-state index is 12.9. The van der Waals surface area contributed by atoms with Gasteiger partial charge in [-0.3, -0.25) is 4.79 Å². The Morgan fingerprint density at radius 3 is 2.54 bits per heavy atom. The fourth-order valence-electron chi connectivity index (χ4n) is 3.06. The van der Waals surface area contributed by atoms with Crippen LogP contribution in [0.25, 0.3) is 0 Å². The second-order valence-electron chi connectivity index (χ2n) is 5.94. The molecule has 4 rings (SSSR count). The van der Waals surface area contributed by atoms with E-state index in [-0.39, 0.29) is 12.0 Å². The van der Waals surface area contributed by atoms with Crippen molar-refractivity contribution in [1.82, 2.24) is 9.88 Å². The number of thiazole rings is 1. The van der Waals surface area contributed by atoms with Gasteiger partial charge in [-0.1, -0.05) is 12.1 Å². The molecule has 0 aliphatic carbocycles. The number of piperazine rings is 1. The molecule has 0 N–H and O–H groups in total. The maximum absolute atomic E-state index is 12.9. The van der Waals surface area contributed by atoms with Crippen molar-refractivity contribution in [2.24, 2.45) is 0 Å². The zero-order valence-electron chi connectivity index (χ0n) is 13.4. The first-order valence-corrected chi connectivity index (χ1v) is 8.96. The summed E-state index contributed by atoms with van der Waals surface area (Å²) < 4.78 is 11.8. The summed E-state index contributed by atoms with van der Waals surface area (Å²) in [5.41, 5.74) is 0. The SMILES string of the molecule is C[C@@H]1Oc2ccccc2O[C@H]1C(=O)N1CCN(c2nccs2)CC1. The Balaban J connectivity index is 1.41. The third kappa shape index (κ3) is 2.80. The van der Waals surface area contributed by atoms with Crippen molar-refractivity contribution in [2.45, 2.75) is 19.1 Å². The van der Waals surface area contributed by atoms with E-state index in [4.69, 9.17) is 9.47 Å². The first-order valence-electron chi connectivity index (χ1n) is 8.08. The Hall–Kier alpha value is -2.28. The van der Waals surface area contributed by atoms with Gasteiger partial charge in [0.1, 0.15) is 6.10 Å². The first kappa shape index (κ1) is 15.3. The molecule has 7 heteroatoms. The third-order valence-corrected chi connectivity index (χ3v) is 5.20. The number of ether oxygens (including phenoxy) is 2. The van der Waals surface area contributed by atoms with Gasteiger partial charge in [0.05, 0.1) is 0 Å². The lowest BCUT2D eigenvalue weighted by atomic mass is 10.1. The minimum absolute atomic E-state index is 0.00390. The van der Waals surface area contributed by atoms with Gasteiger partial charge in [0.25, 0.3) is 5.91 Å². The van der Waals surface area contributed by atoms with Crippen LogP contribution in [0, 0.1) is 0 Å². The smallest absolute Gasteiger partial charge is 0.267 e. The Morgan fingerprint density at radius 1 is 1.17 bits per heavy atom. The highest BCUT2D eigenvalue weighted by Gasteiger charge is 2.37. The molecule has 0 radical (unpaired) electrons. The number of benzene rings is 1. The van der Waals surface area contributed by atoms with Crippen LogP contribution in [0.15, 0.2) is 35.8 Å². The van der Waals surface area contributed by atoms with Crippen LogP contribution < -0.4 is 14.4 Å². The molecule has 6 nitrogen and oxygen atoms in total.